The minimum atomic E-state index is 0.00119. The molecule has 0 heterocycles. The van der Waals surface area contributed by atoms with Gasteiger partial charge in [-0.1, -0.05) is 38.0 Å². The third kappa shape index (κ3) is 8.07. The second-order valence-corrected chi connectivity index (χ2v) is 9.56. The molecule has 6 heteroatoms. The van der Waals surface area contributed by atoms with Crippen molar-refractivity contribution in [2.75, 3.05) is 32.8 Å². The van der Waals surface area contributed by atoms with Gasteiger partial charge in [-0.15, -0.1) is 11.6 Å². The molecule has 0 aliphatic heterocycles. The van der Waals surface area contributed by atoms with Crippen LogP contribution in [0.2, 0.25) is 0 Å². The van der Waals surface area contributed by atoms with Crippen molar-refractivity contribution in [1.29, 1.82) is 0 Å². The molecule has 0 fully saturated rings. The maximum atomic E-state index is 9.89. The summed E-state index contributed by atoms with van der Waals surface area (Å²) in [6, 6.07) is 12.0. The molecule has 1 atom stereocenters. The van der Waals surface area contributed by atoms with E-state index in [1.54, 1.807) is 12.1 Å². The minimum Gasteiger partial charge on any atom is -0.504 e. The van der Waals surface area contributed by atoms with E-state index in [0.717, 1.165) is 63.2 Å². The van der Waals surface area contributed by atoms with Crippen LogP contribution >= 0.6 is 11.6 Å². The molecule has 0 bridgehead atoms. The molecular formula is C28H41ClN2O3. The highest BCUT2D eigenvalue weighted by molar-refractivity contribution is 6.17. The minimum absolute atomic E-state index is 0.00119. The Morgan fingerprint density at radius 1 is 1.00 bits per heavy atom. The lowest BCUT2D eigenvalue weighted by molar-refractivity contribution is 0.175. The summed E-state index contributed by atoms with van der Waals surface area (Å²) in [5.74, 6) is 1.36. The molecule has 34 heavy (non-hydrogen) atoms. The lowest BCUT2D eigenvalue weighted by atomic mass is 9.87. The van der Waals surface area contributed by atoms with E-state index < -0.39 is 0 Å². The third-order valence-corrected chi connectivity index (χ3v) is 7.02. The van der Waals surface area contributed by atoms with E-state index >= 15 is 0 Å². The van der Waals surface area contributed by atoms with Gasteiger partial charge < -0.3 is 25.2 Å². The van der Waals surface area contributed by atoms with E-state index in [2.05, 4.69) is 17.1 Å². The fraction of sp³-hybridized carbons (Fsp3) is 0.571. The summed E-state index contributed by atoms with van der Waals surface area (Å²) in [5.41, 5.74) is 3.41. The molecule has 1 aliphatic carbocycles. The predicted molar refractivity (Wildman–Crippen MR) is 140 cm³/mol. The summed E-state index contributed by atoms with van der Waals surface area (Å²) < 4.78 is 5.84. The standard InChI is InChI=1S/C28H41ClN2O3/c1-2-15-31(25-12-11-22-19-26(32)27(33)20-24(22)18-25)16-8-4-3-7-13-30-14-17-34-28-10-6-5-9-23(28)21-29/h5-6,9-10,19-20,25,30,32-33H,2-4,7-8,11-18,21H2,1H3/t25-/m1/s1. The van der Waals surface area contributed by atoms with Gasteiger partial charge in [-0.25, -0.2) is 0 Å². The molecule has 0 radical (unpaired) electrons. The van der Waals surface area contributed by atoms with Gasteiger partial charge in [0.25, 0.3) is 0 Å². The van der Waals surface area contributed by atoms with Crippen molar-refractivity contribution in [2.45, 2.75) is 70.2 Å². The summed E-state index contributed by atoms with van der Waals surface area (Å²) in [4.78, 5) is 2.64. The van der Waals surface area contributed by atoms with Gasteiger partial charge in [0.15, 0.2) is 11.5 Å². The summed E-state index contributed by atoms with van der Waals surface area (Å²) in [5, 5.41) is 23.1. The van der Waals surface area contributed by atoms with E-state index in [-0.39, 0.29) is 11.5 Å². The van der Waals surface area contributed by atoms with Crippen molar-refractivity contribution in [3.8, 4) is 17.2 Å². The molecule has 0 saturated heterocycles. The van der Waals surface area contributed by atoms with Crippen molar-refractivity contribution in [1.82, 2.24) is 10.2 Å². The number of aromatic hydroxyl groups is 2. The first kappa shape index (κ1) is 26.7. The van der Waals surface area contributed by atoms with E-state index in [1.165, 1.54) is 36.8 Å². The quantitative estimate of drug-likeness (QED) is 0.172. The van der Waals surface area contributed by atoms with Gasteiger partial charge in [0.1, 0.15) is 12.4 Å². The largest absolute Gasteiger partial charge is 0.504 e. The topological polar surface area (TPSA) is 65.0 Å². The van der Waals surface area contributed by atoms with Gasteiger partial charge in [-0.3, -0.25) is 0 Å². The number of rotatable bonds is 15. The first-order valence-electron chi connectivity index (χ1n) is 12.9. The van der Waals surface area contributed by atoms with E-state index in [4.69, 9.17) is 16.3 Å². The number of para-hydroxylation sites is 1. The zero-order chi connectivity index (χ0) is 24.2. The monoisotopic (exact) mass is 488 g/mol. The van der Waals surface area contributed by atoms with Crippen molar-refractivity contribution in [2.24, 2.45) is 0 Å². The zero-order valence-corrected chi connectivity index (χ0v) is 21.3. The van der Waals surface area contributed by atoms with E-state index in [9.17, 15) is 10.2 Å². The number of fused-ring (bicyclic) bond motifs is 1. The number of hydrogen-bond acceptors (Lipinski definition) is 5. The van der Waals surface area contributed by atoms with Crippen LogP contribution in [0.15, 0.2) is 36.4 Å². The first-order valence-corrected chi connectivity index (χ1v) is 13.4. The number of benzene rings is 2. The molecular weight excluding hydrogens is 448 g/mol. The van der Waals surface area contributed by atoms with Gasteiger partial charge in [-0.2, -0.15) is 0 Å². The first-order chi connectivity index (χ1) is 16.6. The predicted octanol–water partition coefficient (Wildman–Crippen LogP) is 5.63. The number of nitrogens with one attached hydrogen (secondary N) is 1. The molecule has 0 aromatic heterocycles. The molecule has 0 unspecified atom stereocenters. The van der Waals surface area contributed by atoms with Crippen LogP contribution in [0, 0.1) is 0 Å². The second kappa shape index (κ2) is 14.4. The average molecular weight is 489 g/mol. The van der Waals surface area contributed by atoms with Crippen molar-refractivity contribution < 1.29 is 14.9 Å². The third-order valence-electron chi connectivity index (χ3n) is 6.73. The fourth-order valence-electron chi connectivity index (χ4n) is 4.87. The maximum absolute atomic E-state index is 9.89. The van der Waals surface area contributed by atoms with Gasteiger partial charge in [0.2, 0.25) is 0 Å². The van der Waals surface area contributed by atoms with E-state index in [1.807, 2.05) is 24.3 Å². The maximum Gasteiger partial charge on any atom is 0.157 e. The normalized spacial score (nSPS) is 15.4. The Kier molecular flexibility index (Phi) is 11.3. The van der Waals surface area contributed by atoms with Crippen LogP contribution < -0.4 is 10.1 Å². The molecule has 0 spiro atoms. The molecule has 0 amide bonds. The number of alkyl halides is 1. The van der Waals surface area contributed by atoms with Crippen molar-refractivity contribution >= 4 is 11.6 Å². The van der Waals surface area contributed by atoms with Crippen molar-refractivity contribution in [3.63, 3.8) is 0 Å². The Labute approximate surface area is 210 Å². The Balaban J connectivity index is 1.28. The molecule has 0 saturated carbocycles. The average Bonchev–Trinajstić information content (AvgIpc) is 2.85. The Morgan fingerprint density at radius 2 is 1.76 bits per heavy atom. The van der Waals surface area contributed by atoms with Crippen LogP contribution in [0.5, 0.6) is 17.2 Å². The number of hydrogen-bond donors (Lipinski definition) is 3. The van der Waals surface area contributed by atoms with Crippen LogP contribution in [-0.2, 0) is 18.7 Å². The summed E-state index contributed by atoms with van der Waals surface area (Å²) >= 11 is 5.95. The molecule has 1 aliphatic rings. The molecule has 3 N–H and O–H groups in total. The van der Waals surface area contributed by atoms with Crippen LogP contribution in [0.25, 0.3) is 0 Å². The van der Waals surface area contributed by atoms with E-state index in [0.29, 0.717) is 18.5 Å². The van der Waals surface area contributed by atoms with Crippen LogP contribution in [0.1, 0.15) is 62.1 Å². The number of phenolic OH excluding ortho intramolecular Hbond substituents is 2. The summed E-state index contributed by atoms with van der Waals surface area (Å²) in [7, 11) is 0. The number of nitrogens with zero attached hydrogens (tertiary/aromatic N) is 1. The fourth-order valence-corrected chi connectivity index (χ4v) is 5.09. The van der Waals surface area contributed by atoms with Crippen LogP contribution in [-0.4, -0.2) is 53.9 Å². The number of halogens is 1. The van der Waals surface area contributed by atoms with Gasteiger partial charge in [0, 0.05) is 18.2 Å². The number of phenols is 2. The van der Waals surface area contributed by atoms with Crippen LogP contribution in [0.4, 0.5) is 0 Å². The molecule has 3 rings (SSSR count). The lowest BCUT2D eigenvalue weighted by Crippen LogP contribution is -2.40. The number of ether oxygens (including phenoxy) is 1. The van der Waals surface area contributed by atoms with Gasteiger partial charge in [-0.05, 0) is 87.5 Å². The molecule has 5 nitrogen and oxygen atoms in total. The second-order valence-electron chi connectivity index (χ2n) is 9.30. The Morgan fingerprint density at radius 3 is 2.56 bits per heavy atom. The highest BCUT2D eigenvalue weighted by Gasteiger charge is 2.24. The molecule has 188 valence electrons. The molecule has 2 aromatic carbocycles. The number of unbranched alkanes of at least 4 members (excludes halogenated alkanes) is 3. The lowest BCUT2D eigenvalue weighted by Gasteiger charge is -2.35. The summed E-state index contributed by atoms with van der Waals surface area (Å²) in [6.45, 7) is 7.03. The zero-order valence-electron chi connectivity index (χ0n) is 20.6. The van der Waals surface area contributed by atoms with Gasteiger partial charge in [0.05, 0.1) is 5.88 Å². The smallest absolute Gasteiger partial charge is 0.157 e. The number of aryl methyl sites for hydroxylation is 1. The summed E-state index contributed by atoms with van der Waals surface area (Å²) in [6.07, 6.45) is 9.12. The SMILES string of the molecule is CCCN(CCCCCCNCCOc1ccccc1CCl)[C@@H]1CCc2cc(O)c(O)cc2C1. The van der Waals surface area contributed by atoms with Crippen molar-refractivity contribution in [3.05, 3.63) is 53.1 Å². The van der Waals surface area contributed by atoms with Crippen LogP contribution in [0.3, 0.4) is 0 Å². The van der Waals surface area contributed by atoms with Gasteiger partial charge >= 0.3 is 0 Å². The Hall–Kier alpha value is -1.95. The Bertz CT molecular complexity index is 877. The highest BCUT2D eigenvalue weighted by Crippen LogP contribution is 2.33. The molecule has 2 aromatic rings. The highest BCUT2D eigenvalue weighted by atomic mass is 35.5.